The van der Waals surface area contributed by atoms with Crippen molar-refractivity contribution in [1.82, 2.24) is 9.88 Å². The predicted molar refractivity (Wildman–Crippen MR) is 100 cm³/mol. The fraction of sp³-hybridized carbons (Fsp3) is 0.278. The van der Waals surface area contributed by atoms with Crippen molar-refractivity contribution in [3.05, 3.63) is 58.5 Å². The van der Waals surface area contributed by atoms with Crippen LogP contribution in [0.4, 0.5) is 4.39 Å². The molecule has 2 rings (SSSR count). The van der Waals surface area contributed by atoms with E-state index < -0.39 is 29.6 Å². The summed E-state index contributed by atoms with van der Waals surface area (Å²) >= 11 is 10.8. The molecule has 9 heteroatoms. The topological polar surface area (TPSA) is 95.1 Å². The summed E-state index contributed by atoms with van der Waals surface area (Å²) in [5.74, 6) is -0.797. The number of benzene rings is 1. The zero-order chi connectivity index (χ0) is 20.0. The molecule has 27 heavy (non-hydrogen) atoms. The second-order valence-corrected chi connectivity index (χ2v) is 6.77. The molecule has 0 aliphatic rings. The second kappa shape index (κ2) is 9.51. The number of hydrogen-bond acceptors (Lipinski definition) is 4. The molecule has 142 valence electrons. The lowest BCUT2D eigenvalue weighted by molar-refractivity contribution is -0.121. The molecule has 0 fully saturated rings. The van der Waals surface area contributed by atoms with Crippen molar-refractivity contribution in [2.45, 2.75) is 23.5 Å². The van der Waals surface area contributed by atoms with Gasteiger partial charge in [0.2, 0.25) is 0 Å². The van der Waals surface area contributed by atoms with E-state index >= 15 is 0 Å². The Bertz CT molecular complexity index is 894. The fourth-order valence-corrected chi connectivity index (χ4v) is 2.57. The molecule has 2 aromatic rings. The summed E-state index contributed by atoms with van der Waals surface area (Å²) < 4.78 is 14.5. The SMILES string of the molecule is N#CCn1ccc(-c2ccc([C@H](O)[C@@H](CF)NC(=O)C(Cl)Cl)cc2)cc1=O. The van der Waals surface area contributed by atoms with Gasteiger partial charge in [0.25, 0.3) is 11.5 Å². The minimum absolute atomic E-state index is 0.0357. The number of halogens is 3. The number of rotatable bonds is 7. The molecule has 0 aliphatic heterocycles. The van der Waals surface area contributed by atoms with Gasteiger partial charge in [-0.2, -0.15) is 5.26 Å². The summed E-state index contributed by atoms with van der Waals surface area (Å²) in [6.45, 7) is -1.04. The average Bonchev–Trinajstić information content (AvgIpc) is 2.67. The van der Waals surface area contributed by atoms with Gasteiger partial charge in [-0.05, 0) is 22.8 Å². The number of carbonyl (C=O) groups excluding carboxylic acids is 1. The van der Waals surface area contributed by atoms with Gasteiger partial charge >= 0.3 is 0 Å². The first kappa shape index (κ1) is 20.9. The molecule has 0 saturated carbocycles. The van der Waals surface area contributed by atoms with Crippen molar-refractivity contribution in [3.63, 3.8) is 0 Å². The Morgan fingerprint density at radius 3 is 2.44 bits per heavy atom. The van der Waals surface area contributed by atoms with Gasteiger partial charge in [0, 0.05) is 12.3 Å². The number of aromatic nitrogens is 1. The molecule has 1 amide bonds. The maximum atomic E-state index is 13.2. The molecular weight excluding hydrogens is 396 g/mol. The van der Waals surface area contributed by atoms with Crippen molar-refractivity contribution in [2.24, 2.45) is 0 Å². The highest BCUT2D eigenvalue weighted by Crippen LogP contribution is 2.23. The lowest BCUT2D eigenvalue weighted by atomic mass is 9.99. The number of carbonyl (C=O) groups is 1. The Balaban J connectivity index is 2.18. The van der Waals surface area contributed by atoms with Crippen molar-refractivity contribution < 1.29 is 14.3 Å². The zero-order valence-electron chi connectivity index (χ0n) is 14.0. The lowest BCUT2D eigenvalue weighted by Crippen LogP contribution is -2.43. The summed E-state index contributed by atoms with van der Waals surface area (Å²) in [6.07, 6.45) is 0.219. The zero-order valence-corrected chi connectivity index (χ0v) is 15.5. The minimum atomic E-state index is -1.36. The van der Waals surface area contributed by atoms with Gasteiger partial charge in [-0.15, -0.1) is 0 Å². The smallest absolute Gasteiger partial charge is 0.253 e. The van der Waals surface area contributed by atoms with Crippen molar-refractivity contribution in [3.8, 4) is 17.2 Å². The largest absolute Gasteiger partial charge is 0.386 e. The van der Waals surface area contributed by atoms with E-state index in [0.29, 0.717) is 16.7 Å². The highest BCUT2D eigenvalue weighted by atomic mass is 35.5. The van der Waals surface area contributed by atoms with Crippen LogP contribution < -0.4 is 10.9 Å². The first-order valence-corrected chi connectivity index (χ1v) is 8.75. The highest BCUT2D eigenvalue weighted by Gasteiger charge is 2.25. The minimum Gasteiger partial charge on any atom is -0.386 e. The molecule has 0 spiro atoms. The molecule has 0 aliphatic carbocycles. The maximum Gasteiger partial charge on any atom is 0.253 e. The molecule has 1 aromatic carbocycles. The van der Waals surface area contributed by atoms with Gasteiger partial charge in [-0.1, -0.05) is 47.5 Å². The quantitative estimate of drug-likeness (QED) is 0.683. The molecule has 0 unspecified atom stereocenters. The van der Waals surface area contributed by atoms with Crippen LogP contribution in [0.1, 0.15) is 11.7 Å². The van der Waals surface area contributed by atoms with Crippen molar-refractivity contribution in [1.29, 1.82) is 5.26 Å². The molecule has 6 nitrogen and oxygen atoms in total. The van der Waals surface area contributed by atoms with Crippen molar-refractivity contribution >= 4 is 29.1 Å². The molecule has 1 heterocycles. The van der Waals surface area contributed by atoms with E-state index in [1.165, 1.54) is 16.8 Å². The van der Waals surface area contributed by atoms with Gasteiger partial charge < -0.3 is 15.0 Å². The molecule has 2 N–H and O–H groups in total. The highest BCUT2D eigenvalue weighted by molar-refractivity contribution is 6.53. The van der Waals surface area contributed by atoms with E-state index in [2.05, 4.69) is 5.32 Å². The summed E-state index contributed by atoms with van der Waals surface area (Å²) in [5, 5.41) is 21.2. The van der Waals surface area contributed by atoms with Gasteiger partial charge in [-0.3, -0.25) is 9.59 Å². The van der Waals surface area contributed by atoms with E-state index in [4.69, 9.17) is 28.5 Å². The van der Waals surface area contributed by atoms with Gasteiger partial charge in [0.15, 0.2) is 4.84 Å². The number of hydrogen-bond donors (Lipinski definition) is 2. The summed E-state index contributed by atoms with van der Waals surface area (Å²) in [4.78, 5) is 22.1. The molecule has 0 radical (unpaired) electrons. The monoisotopic (exact) mass is 411 g/mol. The van der Waals surface area contributed by atoms with Crippen LogP contribution in [0.3, 0.4) is 0 Å². The summed E-state index contributed by atoms with van der Waals surface area (Å²) in [6, 6.07) is 10.2. The van der Waals surface area contributed by atoms with Crippen LogP contribution in [0.25, 0.3) is 11.1 Å². The number of amides is 1. The van der Waals surface area contributed by atoms with Crippen LogP contribution in [0, 0.1) is 11.3 Å². The molecule has 0 saturated heterocycles. The number of nitriles is 1. The van der Waals surface area contributed by atoms with E-state index in [0.717, 1.165) is 0 Å². The Morgan fingerprint density at radius 1 is 1.26 bits per heavy atom. The third-order valence-corrected chi connectivity index (χ3v) is 4.29. The molecule has 2 atom stereocenters. The standard InChI is InChI=1S/C18H16Cl2FN3O3/c19-17(20)18(27)23-14(10-21)16(26)12-3-1-11(2-4-12)13-5-7-24(8-6-22)15(25)9-13/h1-5,7,9,14,16-17,26H,8,10H2,(H,23,27)/t14-,16+/m1/s1. The maximum absolute atomic E-state index is 13.2. The van der Waals surface area contributed by atoms with E-state index in [-0.39, 0.29) is 12.1 Å². The number of pyridine rings is 1. The third-order valence-electron chi connectivity index (χ3n) is 3.90. The summed E-state index contributed by atoms with van der Waals surface area (Å²) in [5.41, 5.74) is 1.41. The number of nitrogens with one attached hydrogen (secondary N) is 1. The Morgan fingerprint density at radius 2 is 1.93 bits per heavy atom. The van der Waals surface area contributed by atoms with Gasteiger partial charge in [-0.25, -0.2) is 4.39 Å². The number of nitrogens with zero attached hydrogens (tertiary/aromatic N) is 2. The van der Waals surface area contributed by atoms with E-state index in [1.807, 2.05) is 6.07 Å². The van der Waals surface area contributed by atoms with Crippen LogP contribution in [0.15, 0.2) is 47.4 Å². The van der Waals surface area contributed by atoms with E-state index in [1.54, 1.807) is 30.3 Å². The summed E-state index contributed by atoms with van der Waals surface area (Å²) in [7, 11) is 0. The normalized spacial score (nSPS) is 13.0. The van der Waals surface area contributed by atoms with Gasteiger partial charge in [0.1, 0.15) is 19.3 Å². The Labute approximate surface area is 164 Å². The second-order valence-electron chi connectivity index (χ2n) is 5.68. The van der Waals surface area contributed by atoms with Crippen LogP contribution in [0.2, 0.25) is 0 Å². The van der Waals surface area contributed by atoms with Crippen molar-refractivity contribution in [2.75, 3.05) is 6.67 Å². The van der Waals surface area contributed by atoms with E-state index in [9.17, 15) is 19.1 Å². The van der Waals surface area contributed by atoms with Crippen LogP contribution in [-0.4, -0.2) is 33.1 Å². The van der Waals surface area contributed by atoms with Crippen LogP contribution >= 0.6 is 23.2 Å². The van der Waals surface area contributed by atoms with Gasteiger partial charge in [0.05, 0.1) is 12.1 Å². The Hall–Kier alpha value is -2.40. The third kappa shape index (κ3) is 5.30. The molecular formula is C18H16Cl2FN3O3. The number of aliphatic hydroxyl groups is 1. The number of alkyl halides is 3. The average molecular weight is 412 g/mol. The molecule has 1 aromatic heterocycles. The fourth-order valence-electron chi connectivity index (χ4n) is 2.45. The number of aliphatic hydroxyl groups excluding tert-OH is 1. The Kier molecular flexibility index (Phi) is 7.36. The molecule has 0 bridgehead atoms. The predicted octanol–water partition coefficient (Wildman–Crippen LogP) is 2.33. The van der Waals surface area contributed by atoms with Crippen LogP contribution in [0.5, 0.6) is 0 Å². The first-order valence-electron chi connectivity index (χ1n) is 7.87. The lowest BCUT2D eigenvalue weighted by Gasteiger charge is -2.22. The van der Waals surface area contributed by atoms with Crippen LogP contribution in [-0.2, 0) is 11.3 Å². The first-order chi connectivity index (χ1) is 12.9.